The predicted octanol–water partition coefficient (Wildman–Crippen LogP) is 1.99. The molecule has 1 aliphatic rings. The lowest BCUT2D eigenvalue weighted by atomic mass is 9.96. The third-order valence-electron chi connectivity index (χ3n) is 4.08. The molecule has 0 spiro atoms. The van der Waals surface area contributed by atoms with Gasteiger partial charge in [0.25, 0.3) is 0 Å². The van der Waals surface area contributed by atoms with Crippen LogP contribution in [0.25, 0.3) is 11.0 Å². The standard InChI is InChI=1S/C18H18N2O6/c1-4-25-17(22)14-9(2)19-18(23)20-15(14)12-8-26-13-6-5-10(24-3)7-11(13)16(12)21/h5-8,15H,4H2,1-3H3,(H2,19,20,23). The number of benzene rings is 1. The van der Waals surface area contributed by atoms with Gasteiger partial charge in [-0.1, -0.05) is 0 Å². The molecular weight excluding hydrogens is 340 g/mol. The quantitative estimate of drug-likeness (QED) is 0.810. The highest BCUT2D eigenvalue weighted by molar-refractivity contribution is 5.95. The maximum Gasteiger partial charge on any atom is 0.338 e. The summed E-state index contributed by atoms with van der Waals surface area (Å²) < 4.78 is 15.7. The van der Waals surface area contributed by atoms with Crippen LogP contribution in [0.5, 0.6) is 5.75 Å². The molecule has 0 saturated carbocycles. The zero-order valence-electron chi connectivity index (χ0n) is 14.5. The second kappa shape index (κ2) is 6.91. The van der Waals surface area contributed by atoms with Gasteiger partial charge in [0.15, 0.2) is 5.43 Å². The summed E-state index contributed by atoms with van der Waals surface area (Å²) in [5.41, 5.74) is 0.608. The number of hydrogen-bond acceptors (Lipinski definition) is 6. The van der Waals surface area contributed by atoms with Crippen molar-refractivity contribution in [3.8, 4) is 5.75 Å². The number of methoxy groups -OCH3 is 1. The van der Waals surface area contributed by atoms with Gasteiger partial charge in [0, 0.05) is 5.70 Å². The van der Waals surface area contributed by atoms with Gasteiger partial charge in [-0.15, -0.1) is 0 Å². The Bertz CT molecular complexity index is 975. The Morgan fingerprint density at radius 1 is 1.31 bits per heavy atom. The average molecular weight is 358 g/mol. The first kappa shape index (κ1) is 17.5. The van der Waals surface area contributed by atoms with Gasteiger partial charge in [0.1, 0.15) is 17.6 Å². The molecule has 2 N–H and O–H groups in total. The van der Waals surface area contributed by atoms with Gasteiger partial charge < -0.3 is 24.5 Å². The maximum absolute atomic E-state index is 13.0. The molecule has 0 aliphatic carbocycles. The number of fused-ring (bicyclic) bond motifs is 1. The Labute approximate surface area is 148 Å². The first-order chi connectivity index (χ1) is 12.5. The van der Waals surface area contributed by atoms with Crippen molar-refractivity contribution in [2.24, 2.45) is 0 Å². The molecule has 8 heteroatoms. The zero-order chi connectivity index (χ0) is 18.8. The normalized spacial score (nSPS) is 16.9. The molecule has 0 radical (unpaired) electrons. The largest absolute Gasteiger partial charge is 0.497 e. The van der Waals surface area contributed by atoms with E-state index in [1.54, 1.807) is 32.0 Å². The van der Waals surface area contributed by atoms with E-state index in [-0.39, 0.29) is 28.6 Å². The summed E-state index contributed by atoms with van der Waals surface area (Å²) in [6.07, 6.45) is 1.25. The number of allylic oxidation sites excluding steroid dienone is 1. The van der Waals surface area contributed by atoms with Crippen LogP contribution >= 0.6 is 0 Å². The topological polar surface area (TPSA) is 107 Å². The van der Waals surface area contributed by atoms with Crippen molar-refractivity contribution in [2.75, 3.05) is 13.7 Å². The van der Waals surface area contributed by atoms with E-state index >= 15 is 0 Å². The Kier molecular flexibility index (Phi) is 4.66. The minimum absolute atomic E-state index is 0.128. The molecule has 3 rings (SSSR count). The van der Waals surface area contributed by atoms with Crippen molar-refractivity contribution < 1.29 is 23.5 Å². The van der Waals surface area contributed by atoms with Gasteiger partial charge >= 0.3 is 12.0 Å². The van der Waals surface area contributed by atoms with Crippen LogP contribution in [0.2, 0.25) is 0 Å². The van der Waals surface area contributed by atoms with Gasteiger partial charge in [-0.2, -0.15) is 0 Å². The monoisotopic (exact) mass is 358 g/mol. The number of carbonyl (C=O) groups excluding carboxylic acids is 2. The number of carbonyl (C=O) groups is 2. The van der Waals surface area contributed by atoms with Gasteiger partial charge in [-0.05, 0) is 32.0 Å². The second-order valence-corrected chi connectivity index (χ2v) is 5.67. The molecule has 1 aromatic heterocycles. The Hall–Kier alpha value is -3.29. The van der Waals surface area contributed by atoms with Crippen LogP contribution < -0.4 is 20.8 Å². The highest BCUT2D eigenvalue weighted by atomic mass is 16.5. The van der Waals surface area contributed by atoms with Crippen LogP contribution in [0.15, 0.2) is 44.9 Å². The zero-order valence-corrected chi connectivity index (χ0v) is 14.5. The van der Waals surface area contributed by atoms with Crippen LogP contribution in [0.3, 0.4) is 0 Å². The number of esters is 1. The predicted molar refractivity (Wildman–Crippen MR) is 92.8 cm³/mol. The van der Waals surface area contributed by atoms with E-state index in [1.807, 2.05) is 0 Å². The molecule has 1 aromatic carbocycles. The molecule has 2 heterocycles. The van der Waals surface area contributed by atoms with Crippen LogP contribution in [0.4, 0.5) is 4.79 Å². The van der Waals surface area contributed by atoms with Crippen LogP contribution in [-0.4, -0.2) is 25.7 Å². The number of urea groups is 1. The van der Waals surface area contributed by atoms with Gasteiger partial charge in [-0.25, -0.2) is 9.59 Å². The van der Waals surface area contributed by atoms with Crippen molar-refractivity contribution >= 4 is 23.0 Å². The summed E-state index contributed by atoms with van der Waals surface area (Å²) in [4.78, 5) is 37.2. The summed E-state index contributed by atoms with van der Waals surface area (Å²) in [5.74, 6) is -0.124. The maximum atomic E-state index is 13.0. The van der Waals surface area contributed by atoms with Gasteiger partial charge in [0.2, 0.25) is 0 Å². The third kappa shape index (κ3) is 3.01. The summed E-state index contributed by atoms with van der Waals surface area (Å²) in [6, 6.07) is 3.34. The highest BCUT2D eigenvalue weighted by Crippen LogP contribution is 2.28. The molecule has 1 atom stereocenters. The van der Waals surface area contributed by atoms with E-state index in [1.165, 1.54) is 13.4 Å². The van der Waals surface area contributed by atoms with Crippen molar-refractivity contribution in [1.82, 2.24) is 10.6 Å². The molecule has 0 fully saturated rings. The Balaban J connectivity index is 2.18. The van der Waals surface area contributed by atoms with Crippen molar-refractivity contribution in [1.29, 1.82) is 0 Å². The van der Waals surface area contributed by atoms with Crippen LogP contribution in [0.1, 0.15) is 25.5 Å². The minimum atomic E-state index is -0.977. The van der Waals surface area contributed by atoms with E-state index in [9.17, 15) is 14.4 Å². The Morgan fingerprint density at radius 3 is 2.77 bits per heavy atom. The number of nitrogens with one attached hydrogen (secondary N) is 2. The number of rotatable bonds is 4. The van der Waals surface area contributed by atoms with Crippen molar-refractivity contribution in [3.05, 3.63) is 51.5 Å². The molecule has 1 unspecified atom stereocenters. The van der Waals surface area contributed by atoms with Crippen LogP contribution in [0, 0.1) is 0 Å². The fourth-order valence-electron chi connectivity index (χ4n) is 2.86. The fraction of sp³-hybridized carbons (Fsp3) is 0.278. The van der Waals surface area contributed by atoms with E-state index < -0.39 is 18.0 Å². The van der Waals surface area contributed by atoms with Crippen LogP contribution in [-0.2, 0) is 9.53 Å². The first-order valence-corrected chi connectivity index (χ1v) is 8.01. The van der Waals surface area contributed by atoms with E-state index in [0.29, 0.717) is 17.0 Å². The lowest BCUT2D eigenvalue weighted by molar-refractivity contribution is -0.139. The smallest absolute Gasteiger partial charge is 0.338 e. The van der Waals surface area contributed by atoms with Gasteiger partial charge in [-0.3, -0.25) is 4.79 Å². The number of amides is 2. The van der Waals surface area contributed by atoms with E-state index in [2.05, 4.69) is 10.6 Å². The third-order valence-corrected chi connectivity index (χ3v) is 4.08. The van der Waals surface area contributed by atoms with Crippen molar-refractivity contribution in [3.63, 3.8) is 0 Å². The lowest BCUT2D eigenvalue weighted by Crippen LogP contribution is -2.46. The summed E-state index contributed by atoms with van der Waals surface area (Å²) in [6.45, 7) is 3.41. The van der Waals surface area contributed by atoms with E-state index in [4.69, 9.17) is 13.9 Å². The molecular formula is C18H18N2O6. The Morgan fingerprint density at radius 2 is 2.08 bits per heavy atom. The summed E-state index contributed by atoms with van der Waals surface area (Å²) in [7, 11) is 1.49. The van der Waals surface area contributed by atoms with Gasteiger partial charge in [0.05, 0.1) is 36.3 Å². The molecule has 0 bridgehead atoms. The van der Waals surface area contributed by atoms with Crippen molar-refractivity contribution in [2.45, 2.75) is 19.9 Å². The second-order valence-electron chi connectivity index (χ2n) is 5.67. The number of ether oxygens (including phenoxy) is 2. The molecule has 2 amide bonds. The average Bonchev–Trinajstić information content (AvgIpc) is 2.61. The van der Waals surface area contributed by atoms with E-state index in [0.717, 1.165) is 0 Å². The molecule has 26 heavy (non-hydrogen) atoms. The molecule has 2 aromatic rings. The first-order valence-electron chi connectivity index (χ1n) is 8.01. The fourth-order valence-corrected chi connectivity index (χ4v) is 2.86. The SMILES string of the molecule is CCOC(=O)C1=C(C)NC(=O)NC1c1coc2ccc(OC)cc2c1=O. The molecule has 136 valence electrons. The summed E-state index contributed by atoms with van der Waals surface area (Å²) >= 11 is 0. The highest BCUT2D eigenvalue weighted by Gasteiger charge is 2.34. The minimum Gasteiger partial charge on any atom is -0.497 e. The molecule has 1 aliphatic heterocycles. The molecule has 0 saturated heterocycles. The number of hydrogen-bond donors (Lipinski definition) is 2. The molecule has 8 nitrogen and oxygen atoms in total. The summed E-state index contributed by atoms with van der Waals surface area (Å²) in [5, 5.41) is 5.39. The lowest BCUT2D eigenvalue weighted by Gasteiger charge is -2.27.